The summed E-state index contributed by atoms with van der Waals surface area (Å²) in [5.74, 6) is 0. The van der Waals surface area contributed by atoms with E-state index in [2.05, 4.69) is 0 Å². The van der Waals surface area contributed by atoms with Crippen LogP contribution in [0.25, 0.3) is 0 Å². The number of likely N-dealkylation sites (N-methyl/N-ethyl adjacent to an activating group) is 1. The largest absolute Gasteiger partial charge is 0.361 e. The highest BCUT2D eigenvalue weighted by atomic mass is 16.5. The van der Waals surface area contributed by atoms with Crippen molar-refractivity contribution in [3.63, 3.8) is 0 Å². The molecular formula is C11H22N2O3. The van der Waals surface area contributed by atoms with Gasteiger partial charge in [0.15, 0.2) is 6.23 Å². The summed E-state index contributed by atoms with van der Waals surface area (Å²) < 4.78 is 10.9. The second-order valence-electron chi connectivity index (χ2n) is 3.75. The number of hydrogen-bond donors (Lipinski definition) is 0. The van der Waals surface area contributed by atoms with Crippen molar-refractivity contribution in [2.75, 3.05) is 26.5 Å². The molecule has 0 radical (unpaired) electrons. The van der Waals surface area contributed by atoms with Crippen LogP contribution in [0.15, 0.2) is 0 Å². The van der Waals surface area contributed by atoms with E-state index in [-0.39, 0.29) is 18.3 Å². The van der Waals surface area contributed by atoms with E-state index in [1.807, 2.05) is 27.7 Å². The zero-order valence-corrected chi connectivity index (χ0v) is 10.6. The minimum absolute atomic E-state index is 0.00176. The van der Waals surface area contributed by atoms with Crippen LogP contribution < -0.4 is 0 Å². The fraction of sp³-hybridized carbons (Fsp3) is 0.909. The maximum absolute atomic E-state index is 12.0. The predicted octanol–water partition coefficient (Wildman–Crippen LogP) is 1.49. The molecule has 16 heavy (non-hydrogen) atoms. The highest BCUT2D eigenvalue weighted by Crippen LogP contribution is 2.23. The first-order chi connectivity index (χ1) is 7.67. The van der Waals surface area contributed by atoms with Gasteiger partial charge in [0, 0.05) is 19.8 Å². The van der Waals surface area contributed by atoms with E-state index in [0.29, 0.717) is 26.5 Å². The van der Waals surface area contributed by atoms with Crippen molar-refractivity contribution >= 4 is 6.03 Å². The van der Waals surface area contributed by atoms with E-state index >= 15 is 0 Å². The van der Waals surface area contributed by atoms with Crippen LogP contribution >= 0.6 is 0 Å². The highest BCUT2D eigenvalue weighted by Gasteiger charge is 2.42. The second kappa shape index (κ2) is 6.06. The second-order valence-corrected chi connectivity index (χ2v) is 3.75. The van der Waals surface area contributed by atoms with Gasteiger partial charge < -0.3 is 14.4 Å². The minimum atomic E-state index is -0.191. The summed E-state index contributed by atoms with van der Waals surface area (Å²) in [7, 11) is 0. The zero-order chi connectivity index (χ0) is 12.1. The molecule has 0 spiro atoms. The zero-order valence-electron chi connectivity index (χ0n) is 10.6. The summed E-state index contributed by atoms with van der Waals surface area (Å²) in [6, 6.07) is 0.0832. The Balaban J connectivity index is 2.72. The summed E-state index contributed by atoms with van der Waals surface area (Å²) >= 11 is 0. The van der Waals surface area contributed by atoms with Crippen LogP contribution in [0.4, 0.5) is 4.79 Å². The lowest BCUT2D eigenvalue weighted by atomic mass is 10.3. The lowest BCUT2D eigenvalue weighted by Crippen LogP contribution is -2.39. The van der Waals surface area contributed by atoms with Crippen LogP contribution in [0, 0.1) is 0 Å². The molecule has 0 bridgehead atoms. The molecule has 1 aliphatic heterocycles. The van der Waals surface area contributed by atoms with Crippen molar-refractivity contribution in [3.05, 3.63) is 0 Å². The molecule has 1 saturated heterocycles. The average molecular weight is 230 g/mol. The van der Waals surface area contributed by atoms with Gasteiger partial charge in [-0.25, -0.2) is 4.79 Å². The van der Waals surface area contributed by atoms with Gasteiger partial charge in [0.25, 0.3) is 0 Å². The summed E-state index contributed by atoms with van der Waals surface area (Å²) in [6.07, 6.45) is -0.191. The molecule has 0 N–H and O–H groups in total. The Morgan fingerprint density at radius 2 is 1.88 bits per heavy atom. The number of urea groups is 1. The highest BCUT2D eigenvalue weighted by molar-refractivity contribution is 5.77. The number of ether oxygens (including phenoxy) is 2. The lowest BCUT2D eigenvalue weighted by Gasteiger charge is -2.24. The molecular weight excluding hydrogens is 208 g/mol. The normalized spacial score (nSPS) is 25.6. The monoisotopic (exact) mass is 230 g/mol. The fourth-order valence-corrected chi connectivity index (χ4v) is 2.00. The van der Waals surface area contributed by atoms with Crippen LogP contribution in [0.1, 0.15) is 27.7 Å². The summed E-state index contributed by atoms with van der Waals surface area (Å²) in [5, 5.41) is 0. The van der Waals surface area contributed by atoms with Crippen molar-refractivity contribution in [2.24, 2.45) is 0 Å². The summed E-state index contributed by atoms with van der Waals surface area (Å²) in [5.41, 5.74) is 0. The number of rotatable bonds is 6. The maximum Gasteiger partial charge on any atom is 0.324 e. The van der Waals surface area contributed by atoms with E-state index in [4.69, 9.17) is 9.47 Å². The maximum atomic E-state index is 12.0. The molecule has 2 unspecified atom stereocenters. The standard InChI is InChI=1S/C11H22N2O3/c1-5-12-9(4)10(16-7-3)13(11(12)14)8-15-6-2/h9-10H,5-8H2,1-4H3. The van der Waals surface area contributed by atoms with Crippen molar-refractivity contribution in [2.45, 2.75) is 40.0 Å². The van der Waals surface area contributed by atoms with Crippen LogP contribution in [-0.2, 0) is 9.47 Å². The third-order valence-corrected chi connectivity index (χ3v) is 2.82. The van der Waals surface area contributed by atoms with Gasteiger partial charge in [-0.1, -0.05) is 0 Å². The Kier molecular flexibility index (Phi) is 5.02. The molecule has 0 saturated carbocycles. The van der Waals surface area contributed by atoms with Crippen molar-refractivity contribution in [1.29, 1.82) is 0 Å². The van der Waals surface area contributed by atoms with Gasteiger partial charge in [-0.2, -0.15) is 0 Å². The van der Waals surface area contributed by atoms with E-state index in [9.17, 15) is 4.79 Å². The summed E-state index contributed by atoms with van der Waals surface area (Å²) in [6.45, 7) is 10.0. The fourth-order valence-electron chi connectivity index (χ4n) is 2.00. The Hall–Kier alpha value is -0.810. The minimum Gasteiger partial charge on any atom is -0.361 e. The first kappa shape index (κ1) is 13.3. The molecule has 5 heteroatoms. The van der Waals surface area contributed by atoms with Crippen LogP contribution in [-0.4, -0.2) is 54.6 Å². The molecule has 2 atom stereocenters. The van der Waals surface area contributed by atoms with Gasteiger partial charge in [-0.3, -0.25) is 4.90 Å². The van der Waals surface area contributed by atoms with Gasteiger partial charge in [0.05, 0.1) is 6.04 Å². The van der Waals surface area contributed by atoms with Crippen molar-refractivity contribution in [1.82, 2.24) is 9.80 Å². The molecule has 0 aromatic carbocycles. The van der Waals surface area contributed by atoms with Gasteiger partial charge >= 0.3 is 6.03 Å². The number of hydrogen-bond acceptors (Lipinski definition) is 3. The average Bonchev–Trinajstić information content (AvgIpc) is 2.49. The van der Waals surface area contributed by atoms with Gasteiger partial charge in [0.1, 0.15) is 6.73 Å². The molecule has 0 aliphatic carbocycles. The molecule has 1 heterocycles. The smallest absolute Gasteiger partial charge is 0.324 e. The summed E-state index contributed by atoms with van der Waals surface area (Å²) in [4.78, 5) is 15.5. The van der Waals surface area contributed by atoms with Crippen LogP contribution in [0.3, 0.4) is 0 Å². The van der Waals surface area contributed by atoms with Gasteiger partial charge in [-0.05, 0) is 27.7 Å². The molecule has 0 aromatic heterocycles. The molecule has 0 aromatic rings. The number of nitrogens with zero attached hydrogens (tertiary/aromatic N) is 2. The third-order valence-electron chi connectivity index (χ3n) is 2.82. The first-order valence-electron chi connectivity index (χ1n) is 5.93. The van der Waals surface area contributed by atoms with E-state index in [0.717, 1.165) is 0 Å². The van der Waals surface area contributed by atoms with Crippen molar-refractivity contribution < 1.29 is 14.3 Å². The molecule has 1 fully saturated rings. The molecule has 5 nitrogen and oxygen atoms in total. The Morgan fingerprint density at radius 3 is 2.38 bits per heavy atom. The molecule has 2 amide bonds. The van der Waals surface area contributed by atoms with Gasteiger partial charge in [0.2, 0.25) is 0 Å². The number of amides is 2. The quantitative estimate of drug-likeness (QED) is 0.694. The van der Waals surface area contributed by atoms with Crippen LogP contribution in [0.2, 0.25) is 0 Å². The van der Waals surface area contributed by atoms with E-state index in [1.165, 1.54) is 0 Å². The topological polar surface area (TPSA) is 42.0 Å². The van der Waals surface area contributed by atoms with Crippen molar-refractivity contribution in [3.8, 4) is 0 Å². The van der Waals surface area contributed by atoms with E-state index in [1.54, 1.807) is 9.80 Å². The molecule has 1 aliphatic rings. The SMILES string of the molecule is CCOCN1C(=O)N(CC)C(C)C1OCC. The third kappa shape index (κ3) is 2.47. The molecule has 94 valence electrons. The molecule has 1 rings (SSSR count). The Bertz CT molecular complexity index is 235. The lowest BCUT2D eigenvalue weighted by molar-refractivity contribution is -0.0702. The Labute approximate surface area is 97.3 Å². The van der Waals surface area contributed by atoms with E-state index < -0.39 is 0 Å². The predicted molar refractivity (Wildman–Crippen MR) is 61.0 cm³/mol. The van der Waals surface area contributed by atoms with Crippen LogP contribution in [0.5, 0.6) is 0 Å². The number of carbonyl (C=O) groups is 1. The Morgan fingerprint density at radius 1 is 1.19 bits per heavy atom. The first-order valence-corrected chi connectivity index (χ1v) is 5.93. The van der Waals surface area contributed by atoms with Gasteiger partial charge in [-0.15, -0.1) is 0 Å². The number of carbonyl (C=O) groups excluding carboxylic acids is 1.